The van der Waals surface area contributed by atoms with Crippen LogP contribution in [0.15, 0.2) is 48.0 Å². The van der Waals surface area contributed by atoms with Crippen molar-refractivity contribution in [1.82, 2.24) is 9.55 Å². The summed E-state index contributed by atoms with van der Waals surface area (Å²) in [5, 5.41) is 4.31. The minimum absolute atomic E-state index is 0.269. The summed E-state index contributed by atoms with van der Waals surface area (Å²) in [7, 11) is 3.71. The zero-order valence-electron chi connectivity index (χ0n) is 15.3. The first-order valence-corrected chi connectivity index (χ1v) is 9.34. The van der Waals surface area contributed by atoms with Gasteiger partial charge in [0.2, 0.25) is 0 Å². The average Bonchev–Trinajstić information content (AvgIpc) is 2.94. The van der Waals surface area contributed by atoms with Crippen molar-refractivity contribution in [2.24, 2.45) is 12.0 Å². The van der Waals surface area contributed by atoms with E-state index >= 15 is 0 Å². The number of fused-ring (bicyclic) bond motifs is 1. The maximum atomic E-state index is 12.1. The standard InChI is InChI=1S/C20H21FN4OS/c1-4-18-17(13-22-2)16-8-9-19(24-20(16)25(18)3)23-14-6-5-7-15(12-14)26-10-11-27-21/h4-9,12-13H,1,10-11H2,2-3H3,(H,23,24). The Kier molecular flexibility index (Phi) is 6.13. The molecule has 5 nitrogen and oxygen atoms in total. The van der Waals surface area contributed by atoms with Crippen LogP contribution in [0.25, 0.3) is 17.1 Å². The van der Waals surface area contributed by atoms with Crippen molar-refractivity contribution in [2.45, 2.75) is 0 Å². The van der Waals surface area contributed by atoms with E-state index < -0.39 is 0 Å². The van der Waals surface area contributed by atoms with Gasteiger partial charge in [0.05, 0.1) is 18.1 Å². The molecule has 0 atom stereocenters. The van der Waals surface area contributed by atoms with Crippen LogP contribution in [0.1, 0.15) is 11.3 Å². The van der Waals surface area contributed by atoms with Crippen molar-refractivity contribution in [3.05, 3.63) is 54.2 Å². The summed E-state index contributed by atoms with van der Waals surface area (Å²) < 4.78 is 19.6. The average molecular weight is 384 g/mol. The summed E-state index contributed by atoms with van der Waals surface area (Å²) in [4.78, 5) is 8.88. The van der Waals surface area contributed by atoms with Gasteiger partial charge in [0.15, 0.2) is 0 Å². The molecule has 7 heteroatoms. The fraction of sp³-hybridized carbons (Fsp3) is 0.200. The van der Waals surface area contributed by atoms with E-state index in [4.69, 9.17) is 9.72 Å². The Morgan fingerprint density at radius 2 is 2.22 bits per heavy atom. The van der Waals surface area contributed by atoms with Crippen LogP contribution >= 0.6 is 12.1 Å². The van der Waals surface area contributed by atoms with Crippen LogP contribution in [0.4, 0.5) is 15.4 Å². The summed E-state index contributed by atoms with van der Waals surface area (Å²) >= 11 is 0.269. The number of aromatic nitrogens is 2. The molecule has 0 saturated heterocycles. The van der Waals surface area contributed by atoms with E-state index in [0.717, 1.165) is 33.8 Å². The van der Waals surface area contributed by atoms with Crippen LogP contribution in [0.3, 0.4) is 0 Å². The van der Waals surface area contributed by atoms with Crippen LogP contribution in [0.5, 0.6) is 5.75 Å². The number of nitrogens with one attached hydrogen (secondary N) is 1. The molecule has 0 bridgehead atoms. The zero-order chi connectivity index (χ0) is 19.2. The van der Waals surface area contributed by atoms with Crippen molar-refractivity contribution in [1.29, 1.82) is 0 Å². The quantitative estimate of drug-likeness (QED) is 0.438. The molecule has 0 spiro atoms. The first kappa shape index (κ1) is 19.0. The lowest BCUT2D eigenvalue weighted by Crippen LogP contribution is -2.00. The first-order valence-electron chi connectivity index (χ1n) is 8.45. The predicted molar refractivity (Wildman–Crippen MR) is 113 cm³/mol. The third-order valence-electron chi connectivity index (χ3n) is 4.11. The van der Waals surface area contributed by atoms with Gasteiger partial charge in [-0.3, -0.25) is 4.99 Å². The van der Waals surface area contributed by atoms with Crippen LogP contribution in [0, 0.1) is 0 Å². The molecule has 0 amide bonds. The molecule has 3 rings (SSSR count). The van der Waals surface area contributed by atoms with Crippen LogP contribution < -0.4 is 10.1 Å². The maximum absolute atomic E-state index is 12.1. The second kappa shape index (κ2) is 8.73. The number of hydrogen-bond acceptors (Lipinski definition) is 5. The van der Waals surface area contributed by atoms with Crippen molar-refractivity contribution >= 4 is 47.0 Å². The van der Waals surface area contributed by atoms with Gasteiger partial charge in [-0.05, 0) is 30.3 Å². The number of hydrogen-bond donors (Lipinski definition) is 1. The molecule has 0 aliphatic rings. The Morgan fingerprint density at radius 3 is 2.96 bits per heavy atom. The molecule has 0 aliphatic carbocycles. The lowest BCUT2D eigenvalue weighted by molar-refractivity contribution is 0.343. The first-order chi connectivity index (χ1) is 13.2. The summed E-state index contributed by atoms with van der Waals surface area (Å²) in [6.07, 6.45) is 3.63. The molecule has 2 aromatic heterocycles. The number of pyridine rings is 1. The second-order valence-corrected chi connectivity index (χ2v) is 6.46. The molecule has 3 aromatic rings. The number of benzene rings is 1. The molecular formula is C20H21FN4OS. The normalized spacial score (nSPS) is 11.2. The smallest absolute Gasteiger partial charge is 0.143 e. The summed E-state index contributed by atoms with van der Waals surface area (Å²) in [5.41, 5.74) is 3.67. The molecular weight excluding hydrogens is 363 g/mol. The monoisotopic (exact) mass is 384 g/mol. The van der Waals surface area contributed by atoms with Gasteiger partial charge in [0.1, 0.15) is 17.2 Å². The molecule has 0 radical (unpaired) electrons. The van der Waals surface area contributed by atoms with Gasteiger partial charge >= 0.3 is 0 Å². The van der Waals surface area contributed by atoms with Gasteiger partial charge in [-0.1, -0.05) is 12.6 Å². The van der Waals surface area contributed by atoms with Crippen molar-refractivity contribution in [3.63, 3.8) is 0 Å². The minimum atomic E-state index is 0.269. The number of rotatable bonds is 8. The van der Waals surface area contributed by atoms with E-state index in [0.29, 0.717) is 18.1 Å². The molecule has 140 valence electrons. The molecule has 0 fully saturated rings. The van der Waals surface area contributed by atoms with Crippen LogP contribution in [0.2, 0.25) is 0 Å². The highest BCUT2D eigenvalue weighted by Crippen LogP contribution is 2.27. The van der Waals surface area contributed by atoms with Gasteiger partial charge in [-0.2, -0.15) is 3.89 Å². The van der Waals surface area contributed by atoms with E-state index in [1.807, 2.05) is 60.3 Å². The number of aliphatic imine (C=N–C) groups is 1. The van der Waals surface area contributed by atoms with Crippen molar-refractivity contribution in [2.75, 3.05) is 24.7 Å². The fourth-order valence-electron chi connectivity index (χ4n) is 2.93. The van der Waals surface area contributed by atoms with E-state index in [1.54, 1.807) is 7.05 Å². The molecule has 2 heterocycles. The van der Waals surface area contributed by atoms with Crippen molar-refractivity contribution < 1.29 is 8.62 Å². The number of ether oxygens (including phenoxy) is 1. The molecule has 0 saturated carbocycles. The Hall–Kier alpha value is -2.80. The van der Waals surface area contributed by atoms with Crippen LogP contribution in [-0.2, 0) is 7.05 Å². The van der Waals surface area contributed by atoms with E-state index in [1.165, 1.54) is 0 Å². The Morgan fingerprint density at radius 1 is 1.37 bits per heavy atom. The molecule has 27 heavy (non-hydrogen) atoms. The van der Waals surface area contributed by atoms with Crippen molar-refractivity contribution in [3.8, 4) is 5.75 Å². The van der Waals surface area contributed by atoms with Crippen LogP contribution in [-0.4, -0.2) is 35.2 Å². The molecule has 1 N–H and O–H groups in total. The molecule has 1 aromatic carbocycles. The Balaban J connectivity index is 1.89. The summed E-state index contributed by atoms with van der Waals surface area (Å²) in [6, 6.07) is 11.5. The number of nitrogens with zero attached hydrogens (tertiary/aromatic N) is 3. The van der Waals surface area contributed by atoms with Gasteiger partial charge in [-0.25, -0.2) is 4.98 Å². The largest absolute Gasteiger partial charge is 0.493 e. The summed E-state index contributed by atoms with van der Waals surface area (Å²) in [6.45, 7) is 4.22. The predicted octanol–water partition coefficient (Wildman–Crippen LogP) is 5.01. The van der Waals surface area contributed by atoms with E-state index in [-0.39, 0.29) is 12.1 Å². The van der Waals surface area contributed by atoms with Gasteiger partial charge in [0.25, 0.3) is 0 Å². The maximum Gasteiger partial charge on any atom is 0.143 e. The highest BCUT2D eigenvalue weighted by atomic mass is 32.2. The van der Waals surface area contributed by atoms with E-state index in [9.17, 15) is 3.89 Å². The SMILES string of the molecule is C=Cc1c(C=NC)c2ccc(Nc3cccc(OCCSF)c3)nc2n1C. The third-order valence-corrected chi connectivity index (χ3v) is 4.43. The molecule has 0 unspecified atom stereocenters. The third kappa shape index (κ3) is 4.14. The number of aryl methyl sites for hydroxylation is 1. The Labute approximate surface area is 162 Å². The van der Waals surface area contributed by atoms with Gasteiger partial charge in [0, 0.05) is 55.2 Å². The summed E-state index contributed by atoms with van der Waals surface area (Å²) in [5.74, 6) is 1.71. The second-order valence-electron chi connectivity index (χ2n) is 5.83. The Bertz CT molecular complexity index is 984. The topological polar surface area (TPSA) is 51.4 Å². The molecule has 0 aliphatic heterocycles. The highest BCUT2D eigenvalue weighted by molar-refractivity contribution is 7.94. The lowest BCUT2D eigenvalue weighted by Gasteiger charge is -2.09. The zero-order valence-corrected chi connectivity index (χ0v) is 16.1. The van der Waals surface area contributed by atoms with E-state index in [2.05, 4.69) is 16.9 Å². The van der Waals surface area contributed by atoms with Gasteiger partial charge in [-0.15, -0.1) is 0 Å². The number of halogens is 1. The van der Waals surface area contributed by atoms with Gasteiger partial charge < -0.3 is 14.6 Å². The fourth-order valence-corrected chi connectivity index (χ4v) is 3.08. The minimum Gasteiger partial charge on any atom is -0.493 e. The number of anilines is 2. The lowest BCUT2D eigenvalue weighted by atomic mass is 10.2. The highest BCUT2D eigenvalue weighted by Gasteiger charge is 2.13.